The minimum absolute atomic E-state index is 0.292. The molecule has 5 aromatic carbocycles. The average molecular weight is 541 g/mol. The third-order valence-corrected chi connectivity index (χ3v) is 7.19. The summed E-state index contributed by atoms with van der Waals surface area (Å²) in [5.74, 6) is 0.945. The molecule has 206 valence electrons. The highest BCUT2D eigenvalue weighted by Gasteiger charge is 2.38. The van der Waals surface area contributed by atoms with E-state index in [1.165, 1.54) is 11.1 Å². The molecule has 0 aliphatic heterocycles. The van der Waals surface area contributed by atoms with Crippen molar-refractivity contribution in [3.05, 3.63) is 166 Å². The number of carbonyl (C=O) groups is 1. The van der Waals surface area contributed by atoms with E-state index in [1.807, 2.05) is 42.5 Å². The standard InChI is InChI=1S/C38H36O3/c1-27-11-15-30(16-12-27)38(31-17-13-28(2)14-18-31,33-21-25-35(26-22-33)41-37(3,4)5)32-19-23-34(24-20-32)40-36(39)29-9-7-6-8-10-29/h6-26H,1-5H3. The summed E-state index contributed by atoms with van der Waals surface area (Å²) in [6, 6.07) is 42.8. The molecule has 0 heterocycles. The lowest BCUT2D eigenvalue weighted by atomic mass is 9.65. The molecule has 0 saturated carbocycles. The van der Waals surface area contributed by atoms with Crippen molar-refractivity contribution in [1.82, 2.24) is 0 Å². The third-order valence-electron chi connectivity index (χ3n) is 7.19. The molecule has 5 aromatic rings. The van der Waals surface area contributed by atoms with Crippen LogP contribution in [0, 0.1) is 13.8 Å². The van der Waals surface area contributed by atoms with E-state index in [9.17, 15) is 4.79 Å². The number of ether oxygens (including phenoxy) is 2. The molecular weight excluding hydrogens is 504 g/mol. The van der Waals surface area contributed by atoms with Crippen LogP contribution in [0.25, 0.3) is 0 Å². The molecule has 0 bridgehead atoms. The summed E-state index contributed by atoms with van der Waals surface area (Å²) in [5.41, 5.74) is 6.46. The highest BCUT2D eigenvalue weighted by atomic mass is 16.5. The van der Waals surface area contributed by atoms with Crippen LogP contribution in [0.1, 0.15) is 64.5 Å². The zero-order chi connectivity index (χ0) is 29.0. The average Bonchev–Trinajstić information content (AvgIpc) is 2.96. The molecule has 0 atom stereocenters. The molecule has 3 heteroatoms. The van der Waals surface area contributed by atoms with E-state index in [4.69, 9.17) is 9.47 Å². The molecule has 0 aliphatic carbocycles. The second-order valence-electron chi connectivity index (χ2n) is 11.5. The van der Waals surface area contributed by atoms with E-state index in [-0.39, 0.29) is 11.6 Å². The fourth-order valence-corrected chi connectivity index (χ4v) is 5.25. The quantitative estimate of drug-likeness (QED) is 0.117. The molecule has 0 spiro atoms. The topological polar surface area (TPSA) is 35.5 Å². The van der Waals surface area contributed by atoms with E-state index in [0.29, 0.717) is 11.3 Å². The summed E-state index contributed by atoms with van der Waals surface area (Å²) in [5, 5.41) is 0. The fraction of sp³-hybridized carbons (Fsp3) is 0.184. The molecule has 0 radical (unpaired) electrons. The second-order valence-corrected chi connectivity index (χ2v) is 11.5. The number of hydrogen-bond donors (Lipinski definition) is 0. The molecule has 0 saturated heterocycles. The van der Waals surface area contributed by atoms with Gasteiger partial charge in [-0.2, -0.15) is 0 Å². The molecule has 0 fully saturated rings. The number of carbonyl (C=O) groups excluding carboxylic acids is 1. The van der Waals surface area contributed by atoms with E-state index in [1.54, 1.807) is 12.1 Å². The van der Waals surface area contributed by atoms with Gasteiger partial charge in [-0.25, -0.2) is 4.79 Å². The Bertz CT molecular complexity index is 1550. The van der Waals surface area contributed by atoms with Crippen molar-refractivity contribution in [1.29, 1.82) is 0 Å². The molecule has 0 amide bonds. The first kappa shape index (κ1) is 27.9. The van der Waals surface area contributed by atoms with Gasteiger partial charge < -0.3 is 9.47 Å². The Morgan fingerprint density at radius 3 is 1.32 bits per heavy atom. The highest BCUT2D eigenvalue weighted by Crippen LogP contribution is 2.46. The van der Waals surface area contributed by atoms with Crippen LogP contribution in [0.2, 0.25) is 0 Å². The SMILES string of the molecule is Cc1ccc(C(c2ccc(C)cc2)(c2ccc(OC(=O)c3ccccc3)cc2)c2ccc(OC(C)(C)C)cc2)cc1. The lowest BCUT2D eigenvalue weighted by Gasteiger charge is -2.37. The van der Waals surface area contributed by atoms with Crippen molar-refractivity contribution in [3.63, 3.8) is 0 Å². The van der Waals surface area contributed by atoms with Gasteiger partial charge in [0.05, 0.1) is 11.0 Å². The Balaban J connectivity index is 1.66. The van der Waals surface area contributed by atoms with Gasteiger partial charge in [-0.1, -0.05) is 102 Å². The van der Waals surface area contributed by atoms with Crippen molar-refractivity contribution in [2.75, 3.05) is 0 Å². The normalized spacial score (nSPS) is 11.6. The van der Waals surface area contributed by atoms with Crippen molar-refractivity contribution in [3.8, 4) is 11.5 Å². The molecule has 41 heavy (non-hydrogen) atoms. The lowest BCUT2D eigenvalue weighted by Crippen LogP contribution is -2.31. The Labute approximate surface area is 243 Å². The molecule has 0 aromatic heterocycles. The number of benzene rings is 5. The maximum atomic E-state index is 12.7. The zero-order valence-electron chi connectivity index (χ0n) is 24.3. The summed E-state index contributed by atoms with van der Waals surface area (Å²) < 4.78 is 11.9. The number of esters is 1. The van der Waals surface area contributed by atoms with Crippen LogP contribution < -0.4 is 9.47 Å². The number of rotatable bonds is 7. The summed E-state index contributed by atoms with van der Waals surface area (Å²) in [6.45, 7) is 10.4. The van der Waals surface area contributed by atoms with Crippen LogP contribution >= 0.6 is 0 Å². The molecule has 5 rings (SSSR count). The predicted molar refractivity (Wildman–Crippen MR) is 166 cm³/mol. The highest BCUT2D eigenvalue weighted by molar-refractivity contribution is 5.91. The Hall–Kier alpha value is -4.63. The Morgan fingerprint density at radius 2 is 0.902 bits per heavy atom. The minimum Gasteiger partial charge on any atom is -0.488 e. The molecule has 0 N–H and O–H groups in total. The van der Waals surface area contributed by atoms with E-state index in [2.05, 4.69) is 107 Å². The summed E-state index contributed by atoms with van der Waals surface area (Å²) in [6.07, 6.45) is 0. The predicted octanol–water partition coefficient (Wildman–Crippen LogP) is 9.08. The minimum atomic E-state index is -0.621. The second kappa shape index (κ2) is 11.5. The van der Waals surface area contributed by atoms with Gasteiger partial charge in [-0.3, -0.25) is 0 Å². The fourth-order valence-electron chi connectivity index (χ4n) is 5.25. The van der Waals surface area contributed by atoms with Crippen LogP contribution in [-0.2, 0) is 5.41 Å². The maximum absolute atomic E-state index is 12.7. The van der Waals surface area contributed by atoms with Gasteiger partial charge in [0, 0.05) is 0 Å². The van der Waals surface area contributed by atoms with Gasteiger partial charge in [0.25, 0.3) is 0 Å². The molecule has 0 unspecified atom stereocenters. The number of hydrogen-bond acceptors (Lipinski definition) is 3. The van der Waals surface area contributed by atoms with Crippen LogP contribution in [-0.4, -0.2) is 11.6 Å². The van der Waals surface area contributed by atoms with Crippen molar-refractivity contribution in [2.45, 2.75) is 45.6 Å². The van der Waals surface area contributed by atoms with Crippen LogP contribution in [0.15, 0.2) is 127 Å². The Morgan fingerprint density at radius 1 is 0.512 bits per heavy atom. The van der Waals surface area contributed by atoms with Crippen LogP contribution in [0.5, 0.6) is 11.5 Å². The zero-order valence-corrected chi connectivity index (χ0v) is 24.3. The van der Waals surface area contributed by atoms with Crippen LogP contribution in [0.4, 0.5) is 0 Å². The van der Waals surface area contributed by atoms with Gasteiger partial charge in [-0.05, 0) is 93.3 Å². The van der Waals surface area contributed by atoms with E-state index in [0.717, 1.165) is 28.0 Å². The smallest absolute Gasteiger partial charge is 0.343 e. The first-order valence-electron chi connectivity index (χ1n) is 14.0. The van der Waals surface area contributed by atoms with Crippen LogP contribution in [0.3, 0.4) is 0 Å². The van der Waals surface area contributed by atoms with Gasteiger partial charge in [0.2, 0.25) is 0 Å². The van der Waals surface area contributed by atoms with Crippen molar-refractivity contribution in [2.24, 2.45) is 0 Å². The monoisotopic (exact) mass is 540 g/mol. The van der Waals surface area contributed by atoms with Gasteiger partial charge in [-0.15, -0.1) is 0 Å². The lowest BCUT2D eigenvalue weighted by molar-refractivity contribution is 0.0734. The van der Waals surface area contributed by atoms with E-state index >= 15 is 0 Å². The summed E-state index contributed by atoms with van der Waals surface area (Å²) >= 11 is 0. The van der Waals surface area contributed by atoms with Gasteiger partial charge in [0.15, 0.2) is 0 Å². The third kappa shape index (κ3) is 6.10. The van der Waals surface area contributed by atoms with Crippen molar-refractivity contribution < 1.29 is 14.3 Å². The number of aryl methyl sites for hydroxylation is 2. The van der Waals surface area contributed by atoms with Gasteiger partial charge in [0.1, 0.15) is 17.1 Å². The molecule has 3 nitrogen and oxygen atoms in total. The maximum Gasteiger partial charge on any atom is 0.343 e. The molecular formula is C38H36O3. The summed E-state index contributed by atoms with van der Waals surface area (Å²) in [7, 11) is 0. The van der Waals surface area contributed by atoms with Gasteiger partial charge >= 0.3 is 5.97 Å². The molecule has 0 aliphatic rings. The van der Waals surface area contributed by atoms with E-state index < -0.39 is 5.41 Å². The first-order chi connectivity index (χ1) is 19.6. The Kier molecular flexibility index (Phi) is 7.81. The summed E-state index contributed by atoms with van der Waals surface area (Å²) in [4.78, 5) is 12.7. The van der Waals surface area contributed by atoms with Crippen molar-refractivity contribution >= 4 is 5.97 Å². The largest absolute Gasteiger partial charge is 0.488 e. The first-order valence-corrected chi connectivity index (χ1v) is 14.0.